The molecule has 0 radical (unpaired) electrons. The van der Waals surface area contributed by atoms with Crippen molar-refractivity contribution in [2.75, 3.05) is 26.7 Å². The molecule has 8 rings (SSSR count). The van der Waals surface area contributed by atoms with Gasteiger partial charge >= 0.3 is 6.09 Å². The van der Waals surface area contributed by atoms with E-state index in [-0.39, 0.29) is 24.1 Å². The molecule has 2 saturated heterocycles. The van der Waals surface area contributed by atoms with Crippen LogP contribution < -0.4 is 5.73 Å². The van der Waals surface area contributed by atoms with E-state index < -0.39 is 0 Å². The van der Waals surface area contributed by atoms with Crippen LogP contribution in [-0.4, -0.2) is 74.8 Å². The number of hydrogen-bond donors (Lipinski definition) is 1. The van der Waals surface area contributed by atoms with Crippen LogP contribution in [-0.2, 0) is 11.3 Å². The molecule has 2 saturated carbocycles. The highest BCUT2D eigenvalue weighted by Crippen LogP contribution is 2.41. The highest BCUT2D eigenvalue weighted by Gasteiger charge is 2.47. The number of pyridine rings is 1. The number of methoxy groups -OCH3 is 1. The molecule has 43 heavy (non-hydrogen) atoms. The molecule has 9 heteroatoms. The highest BCUT2D eigenvalue weighted by molar-refractivity contribution is 5.95. The van der Waals surface area contributed by atoms with Gasteiger partial charge in [0.15, 0.2) is 0 Å². The summed E-state index contributed by atoms with van der Waals surface area (Å²) in [6.45, 7) is 5.30. The van der Waals surface area contributed by atoms with E-state index in [0.29, 0.717) is 36.4 Å². The van der Waals surface area contributed by atoms with Crippen molar-refractivity contribution in [1.82, 2.24) is 24.0 Å². The number of carbonyl (C=O) groups is 2. The molecule has 1 aromatic carbocycles. The van der Waals surface area contributed by atoms with Gasteiger partial charge in [-0.25, -0.2) is 9.31 Å². The lowest BCUT2D eigenvalue weighted by Crippen LogP contribution is -2.41. The van der Waals surface area contributed by atoms with Crippen LogP contribution in [0.5, 0.6) is 0 Å². The molecule has 2 amide bonds. The summed E-state index contributed by atoms with van der Waals surface area (Å²) in [4.78, 5) is 29.5. The number of benzene rings is 1. The van der Waals surface area contributed by atoms with Crippen LogP contribution in [0.4, 0.5) is 4.79 Å². The van der Waals surface area contributed by atoms with Gasteiger partial charge in [-0.15, -0.1) is 0 Å². The van der Waals surface area contributed by atoms with E-state index >= 15 is 0 Å². The molecule has 9 nitrogen and oxygen atoms in total. The van der Waals surface area contributed by atoms with Crippen LogP contribution in [0, 0.1) is 18.8 Å². The Kier molecular flexibility index (Phi) is 6.29. The summed E-state index contributed by atoms with van der Waals surface area (Å²) in [6, 6.07) is 13.2. The van der Waals surface area contributed by atoms with Gasteiger partial charge in [-0.3, -0.25) is 4.79 Å². The molecule has 2 aliphatic heterocycles. The lowest BCUT2D eigenvalue weighted by molar-refractivity contribution is 0.0700. The predicted molar refractivity (Wildman–Crippen MR) is 165 cm³/mol. The molecule has 3 atom stereocenters. The van der Waals surface area contributed by atoms with Gasteiger partial charge in [-0.1, -0.05) is 18.2 Å². The smallest absolute Gasteiger partial charge is 0.409 e. The average Bonchev–Trinajstić information content (AvgIpc) is 3.43. The fourth-order valence-corrected chi connectivity index (χ4v) is 8.12. The first-order chi connectivity index (χ1) is 20.9. The minimum atomic E-state index is -0.237. The Bertz CT molecular complexity index is 1740. The van der Waals surface area contributed by atoms with Gasteiger partial charge in [0.25, 0.3) is 5.91 Å². The number of rotatable bonds is 5. The summed E-state index contributed by atoms with van der Waals surface area (Å²) in [5, 5.41) is 6.35. The van der Waals surface area contributed by atoms with Crippen molar-refractivity contribution in [3.8, 4) is 11.4 Å². The summed E-state index contributed by atoms with van der Waals surface area (Å²) >= 11 is 0. The summed E-state index contributed by atoms with van der Waals surface area (Å²) < 4.78 is 9.38. The Labute approximate surface area is 251 Å². The number of piperidine rings is 2. The molecule has 4 fully saturated rings. The van der Waals surface area contributed by atoms with Gasteiger partial charge in [-0.05, 0) is 87.0 Å². The third kappa shape index (κ3) is 4.34. The van der Waals surface area contributed by atoms with Gasteiger partial charge in [0, 0.05) is 55.4 Å². The molecule has 2 aliphatic carbocycles. The second-order valence-corrected chi connectivity index (χ2v) is 13.3. The van der Waals surface area contributed by atoms with Crippen molar-refractivity contribution in [3.63, 3.8) is 0 Å². The van der Waals surface area contributed by atoms with Crippen molar-refractivity contribution in [1.29, 1.82) is 0 Å². The van der Waals surface area contributed by atoms with Crippen molar-refractivity contribution in [3.05, 3.63) is 59.3 Å². The normalized spacial score (nSPS) is 24.0. The van der Waals surface area contributed by atoms with Gasteiger partial charge < -0.3 is 24.8 Å². The van der Waals surface area contributed by atoms with Crippen LogP contribution in [0.2, 0.25) is 0 Å². The lowest BCUT2D eigenvalue weighted by Gasteiger charge is -2.31. The number of nitrogens with zero attached hydrogens (tertiary/aromatic N) is 5. The maximum Gasteiger partial charge on any atom is 0.409 e. The van der Waals surface area contributed by atoms with Crippen molar-refractivity contribution >= 4 is 28.4 Å². The molecule has 5 heterocycles. The maximum absolute atomic E-state index is 13.5. The van der Waals surface area contributed by atoms with Crippen molar-refractivity contribution in [2.24, 2.45) is 17.6 Å². The predicted octanol–water partition coefficient (Wildman–Crippen LogP) is 5.18. The molecular formula is C34H40N6O3. The number of amides is 2. The Morgan fingerprint density at radius 2 is 1.86 bits per heavy atom. The van der Waals surface area contributed by atoms with Crippen LogP contribution in [0.25, 0.3) is 27.8 Å². The first-order valence-corrected chi connectivity index (χ1v) is 15.9. The molecule has 224 valence electrons. The summed E-state index contributed by atoms with van der Waals surface area (Å²) in [5.41, 5.74) is 14.0. The molecule has 0 spiro atoms. The number of fused-ring (bicyclic) bond motifs is 4. The monoisotopic (exact) mass is 580 g/mol. The van der Waals surface area contributed by atoms with Crippen LogP contribution in [0.1, 0.15) is 65.9 Å². The first-order valence-electron chi connectivity index (χ1n) is 15.9. The minimum absolute atomic E-state index is 0.0602. The topological polar surface area (TPSA) is 98.1 Å². The third-order valence-electron chi connectivity index (χ3n) is 10.7. The number of aromatic nitrogens is 3. The number of carbonyl (C=O) groups excluding carboxylic acids is 2. The maximum atomic E-state index is 13.5. The SMILES string of the molecule is COC(=O)N1CCC(c2cccc3cc(-c4nn5cc(C(=O)N6CC7CCC6[C@@H]7N)ccc5c4C)n(CC4CC4)c23)CC1. The van der Waals surface area contributed by atoms with E-state index in [1.54, 1.807) is 0 Å². The Morgan fingerprint density at radius 3 is 2.56 bits per heavy atom. The third-order valence-corrected chi connectivity index (χ3v) is 10.7. The van der Waals surface area contributed by atoms with E-state index in [4.69, 9.17) is 15.6 Å². The van der Waals surface area contributed by atoms with Crippen LogP contribution in [0.3, 0.4) is 0 Å². The first kappa shape index (κ1) is 26.8. The number of ether oxygens (including phenoxy) is 1. The second-order valence-electron chi connectivity index (χ2n) is 13.3. The highest BCUT2D eigenvalue weighted by atomic mass is 16.5. The van der Waals surface area contributed by atoms with Gasteiger partial charge in [0.2, 0.25) is 0 Å². The van der Waals surface area contributed by atoms with Crippen molar-refractivity contribution in [2.45, 2.75) is 70.0 Å². The number of likely N-dealkylation sites (tertiary alicyclic amines) is 2. The largest absolute Gasteiger partial charge is 0.453 e. The van der Waals surface area contributed by atoms with E-state index in [2.05, 4.69) is 35.8 Å². The molecule has 2 unspecified atom stereocenters. The summed E-state index contributed by atoms with van der Waals surface area (Å²) in [5.74, 6) is 1.56. The van der Waals surface area contributed by atoms with Gasteiger partial charge in [-0.2, -0.15) is 5.10 Å². The Balaban J connectivity index is 1.16. The lowest BCUT2D eigenvalue weighted by atomic mass is 9.88. The van der Waals surface area contributed by atoms with Crippen LogP contribution in [0.15, 0.2) is 42.6 Å². The van der Waals surface area contributed by atoms with E-state index in [0.717, 1.165) is 61.2 Å². The fraction of sp³-hybridized carbons (Fsp3) is 0.500. The minimum Gasteiger partial charge on any atom is -0.453 e. The fourth-order valence-electron chi connectivity index (χ4n) is 8.12. The second kappa shape index (κ2) is 10.1. The number of hydrogen-bond acceptors (Lipinski definition) is 5. The van der Waals surface area contributed by atoms with E-state index in [1.165, 1.54) is 36.4 Å². The quantitative estimate of drug-likeness (QED) is 0.351. The molecule has 2 N–H and O–H groups in total. The Morgan fingerprint density at radius 1 is 1.05 bits per heavy atom. The van der Waals surface area contributed by atoms with Crippen molar-refractivity contribution < 1.29 is 14.3 Å². The Hall–Kier alpha value is -3.85. The summed E-state index contributed by atoms with van der Waals surface area (Å²) in [7, 11) is 1.45. The zero-order valence-corrected chi connectivity index (χ0v) is 25.0. The molecule has 3 aromatic heterocycles. The van der Waals surface area contributed by atoms with Crippen LogP contribution >= 0.6 is 0 Å². The molecule has 4 aromatic rings. The summed E-state index contributed by atoms with van der Waals surface area (Å²) in [6.07, 6.45) is 8.16. The zero-order valence-electron chi connectivity index (χ0n) is 25.0. The zero-order chi connectivity index (χ0) is 29.4. The number of nitrogens with two attached hydrogens (primary N) is 1. The molecule has 4 aliphatic rings. The number of para-hydroxylation sites is 1. The van der Waals surface area contributed by atoms with E-state index in [9.17, 15) is 9.59 Å². The van der Waals surface area contributed by atoms with Gasteiger partial charge in [0.1, 0.15) is 5.69 Å². The average molecular weight is 581 g/mol. The number of aryl methyl sites for hydroxylation is 1. The molecule has 2 bridgehead atoms. The van der Waals surface area contributed by atoms with Gasteiger partial charge in [0.05, 0.1) is 29.4 Å². The molecular weight excluding hydrogens is 540 g/mol. The standard InChI is InChI=1S/C34H40N6O3/c1-20-27-10-9-25(33(41)39-18-24-8-11-28(39)30(24)35)19-40(27)36-31(20)29-16-23-4-3-5-26(32(23)38(29)17-21-6-7-21)22-12-14-37(15-13-22)34(42)43-2/h3-5,9-10,16,19,21-22,24,28,30H,6-8,11-15,17-18,35H2,1-2H3/t24?,28?,30-/m1/s1. The van der Waals surface area contributed by atoms with E-state index in [1.807, 2.05) is 32.6 Å².